The standard InChI is InChI=1S/C13H27NS/c1-12(2,3)10-13(4,5)14-11-7-6-8-15-9-11/h11,14H,6-10H2,1-5H3/t11-/m1/s1. The zero-order valence-corrected chi connectivity index (χ0v) is 11.8. The monoisotopic (exact) mass is 229 g/mol. The van der Waals surface area contributed by atoms with Crippen LogP contribution in [0.3, 0.4) is 0 Å². The fourth-order valence-corrected chi connectivity index (χ4v) is 3.86. The van der Waals surface area contributed by atoms with Gasteiger partial charge < -0.3 is 5.32 Å². The van der Waals surface area contributed by atoms with Crippen molar-refractivity contribution in [3.63, 3.8) is 0 Å². The van der Waals surface area contributed by atoms with E-state index >= 15 is 0 Å². The summed E-state index contributed by atoms with van der Waals surface area (Å²) >= 11 is 2.10. The maximum atomic E-state index is 3.83. The van der Waals surface area contributed by atoms with E-state index < -0.39 is 0 Å². The van der Waals surface area contributed by atoms with E-state index in [4.69, 9.17) is 0 Å². The van der Waals surface area contributed by atoms with Crippen LogP contribution >= 0.6 is 11.8 Å². The van der Waals surface area contributed by atoms with Crippen molar-refractivity contribution in [2.75, 3.05) is 11.5 Å². The molecule has 0 aliphatic carbocycles. The normalized spacial score (nSPS) is 24.2. The number of thioether (sulfide) groups is 1. The van der Waals surface area contributed by atoms with Gasteiger partial charge in [0.15, 0.2) is 0 Å². The summed E-state index contributed by atoms with van der Waals surface area (Å²) in [7, 11) is 0. The van der Waals surface area contributed by atoms with Crippen LogP contribution in [0.5, 0.6) is 0 Å². The molecule has 2 heteroatoms. The third-order valence-electron chi connectivity index (χ3n) is 2.73. The molecule has 0 aromatic rings. The number of rotatable bonds is 3. The lowest BCUT2D eigenvalue weighted by Crippen LogP contribution is -2.49. The minimum absolute atomic E-state index is 0.279. The highest BCUT2D eigenvalue weighted by Gasteiger charge is 2.28. The second-order valence-electron chi connectivity index (χ2n) is 6.68. The Morgan fingerprint density at radius 2 is 1.87 bits per heavy atom. The lowest BCUT2D eigenvalue weighted by Gasteiger charge is -2.38. The van der Waals surface area contributed by atoms with Gasteiger partial charge in [0, 0.05) is 17.3 Å². The van der Waals surface area contributed by atoms with E-state index in [9.17, 15) is 0 Å². The summed E-state index contributed by atoms with van der Waals surface area (Å²) in [4.78, 5) is 0. The molecule has 0 radical (unpaired) electrons. The molecule has 1 atom stereocenters. The summed E-state index contributed by atoms with van der Waals surface area (Å²) in [5, 5.41) is 3.83. The van der Waals surface area contributed by atoms with Gasteiger partial charge in [0.2, 0.25) is 0 Å². The first-order chi connectivity index (χ1) is 6.79. The molecule has 1 aliphatic heterocycles. The zero-order chi connectivity index (χ0) is 11.5. The van der Waals surface area contributed by atoms with Crippen LogP contribution in [0.2, 0.25) is 0 Å². The van der Waals surface area contributed by atoms with Gasteiger partial charge >= 0.3 is 0 Å². The topological polar surface area (TPSA) is 12.0 Å². The van der Waals surface area contributed by atoms with Gasteiger partial charge in [0.25, 0.3) is 0 Å². The molecule has 15 heavy (non-hydrogen) atoms. The number of hydrogen-bond donors (Lipinski definition) is 1. The summed E-state index contributed by atoms with van der Waals surface area (Å²) in [6.07, 6.45) is 3.98. The van der Waals surface area contributed by atoms with Crippen molar-refractivity contribution in [1.29, 1.82) is 0 Å². The second-order valence-corrected chi connectivity index (χ2v) is 7.83. The Kier molecular flexibility index (Phi) is 4.54. The molecule has 1 rings (SSSR count). The van der Waals surface area contributed by atoms with Crippen LogP contribution in [0.25, 0.3) is 0 Å². The van der Waals surface area contributed by atoms with Gasteiger partial charge in [-0.15, -0.1) is 0 Å². The minimum Gasteiger partial charge on any atom is -0.308 e. The molecule has 1 fully saturated rings. The largest absolute Gasteiger partial charge is 0.308 e. The molecule has 0 saturated carbocycles. The van der Waals surface area contributed by atoms with Crippen LogP contribution in [0.4, 0.5) is 0 Å². The van der Waals surface area contributed by atoms with Gasteiger partial charge in [-0.25, -0.2) is 0 Å². The quantitative estimate of drug-likeness (QED) is 0.792. The van der Waals surface area contributed by atoms with Gasteiger partial charge in [-0.3, -0.25) is 0 Å². The molecule has 0 spiro atoms. The van der Waals surface area contributed by atoms with E-state index in [1.807, 2.05) is 0 Å². The van der Waals surface area contributed by atoms with Crippen LogP contribution in [-0.2, 0) is 0 Å². The highest BCUT2D eigenvalue weighted by atomic mass is 32.2. The molecule has 1 heterocycles. The van der Waals surface area contributed by atoms with Crippen molar-refractivity contribution in [3.05, 3.63) is 0 Å². The Morgan fingerprint density at radius 3 is 2.33 bits per heavy atom. The first-order valence-electron chi connectivity index (χ1n) is 6.14. The predicted molar refractivity (Wildman–Crippen MR) is 71.6 cm³/mol. The summed E-state index contributed by atoms with van der Waals surface area (Å²) < 4.78 is 0. The van der Waals surface area contributed by atoms with Gasteiger partial charge in [-0.05, 0) is 44.3 Å². The van der Waals surface area contributed by atoms with Crippen molar-refractivity contribution in [2.45, 2.75) is 65.5 Å². The predicted octanol–water partition coefficient (Wildman–Crippen LogP) is 3.69. The highest BCUT2D eigenvalue weighted by molar-refractivity contribution is 7.99. The Morgan fingerprint density at radius 1 is 1.20 bits per heavy atom. The van der Waals surface area contributed by atoms with E-state index in [0.29, 0.717) is 5.41 Å². The van der Waals surface area contributed by atoms with Crippen molar-refractivity contribution >= 4 is 11.8 Å². The van der Waals surface area contributed by atoms with Gasteiger partial charge in [0.1, 0.15) is 0 Å². The van der Waals surface area contributed by atoms with E-state index in [1.54, 1.807) is 0 Å². The van der Waals surface area contributed by atoms with E-state index in [0.717, 1.165) is 6.04 Å². The Balaban J connectivity index is 2.40. The Bertz CT molecular complexity index is 187. The van der Waals surface area contributed by atoms with Crippen molar-refractivity contribution in [1.82, 2.24) is 5.32 Å². The maximum Gasteiger partial charge on any atom is 0.0163 e. The SMILES string of the molecule is CC(C)(C)CC(C)(C)N[C@@H]1CCCSC1. The van der Waals surface area contributed by atoms with Crippen molar-refractivity contribution in [2.24, 2.45) is 5.41 Å². The fourth-order valence-electron chi connectivity index (χ4n) is 2.78. The van der Waals surface area contributed by atoms with E-state index in [2.05, 4.69) is 51.7 Å². The molecule has 1 saturated heterocycles. The average molecular weight is 229 g/mol. The number of hydrogen-bond acceptors (Lipinski definition) is 2. The van der Waals surface area contributed by atoms with Crippen LogP contribution in [0, 0.1) is 5.41 Å². The first-order valence-corrected chi connectivity index (χ1v) is 7.29. The smallest absolute Gasteiger partial charge is 0.0163 e. The third-order valence-corrected chi connectivity index (χ3v) is 3.94. The van der Waals surface area contributed by atoms with Crippen LogP contribution < -0.4 is 5.32 Å². The molecule has 0 aromatic carbocycles. The molecule has 1 aliphatic rings. The first kappa shape index (κ1) is 13.4. The summed E-state index contributed by atoms with van der Waals surface area (Å²) in [6, 6.07) is 0.737. The Labute approximate surface area is 99.8 Å². The van der Waals surface area contributed by atoms with Crippen LogP contribution in [-0.4, -0.2) is 23.1 Å². The minimum atomic E-state index is 0.279. The summed E-state index contributed by atoms with van der Waals surface area (Å²) in [5.41, 5.74) is 0.694. The molecule has 1 nitrogen and oxygen atoms in total. The molecule has 90 valence electrons. The fraction of sp³-hybridized carbons (Fsp3) is 1.00. The van der Waals surface area contributed by atoms with E-state index in [1.165, 1.54) is 30.8 Å². The van der Waals surface area contributed by atoms with Gasteiger partial charge in [-0.2, -0.15) is 11.8 Å². The second kappa shape index (κ2) is 5.09. The lowest BCUT2D eigenvalue weighted by molar-refractivity contribution is 0.223. The molecule has 1 N–H and O–H groups in total. The molecule has 0 unspecified atom stereocenters. The number of nitrogens with one attached hydrogen (secondary N) is 1. The lowest BCUT2D eigenvalue weighted by atomic mass is 9.81. The third kappa shape index (κ3) is 5.82. The molecule has 0 bridgehead atoms. The highest BCUT2D eigenvalue weighted by Crippen LogP contribution is 2.28. The van der Waals surface area contributed by atoms with Crippen molar-refractivity contribution < 1.29 is 0 Å². The molecule has 0 aromatic heterocycles. The Hall–Kier alpha value is 0.310. The molecular formula is C13H27NS. The molecular weight excluding hydrogens is 202 g/mol. The maximum absolute atomic E-state index is 3.83. The van der Waals surface area contributed by atoms with Crippen molar-refractivity contribution in [3.8, 4) is 0 Å². The van der Waals surface area contributed by atoms with Gasteiger partial charge in [0.05, 0.1) is 0 Å². The van der Waals surface area contributed by atoms with Crippen LogP contribution in [0.15, 0.2) is 0 Å². The summed E-state index contributed by atoms with van der Waals surface area (Å²) in [6.45, 7) is 11.7. The van der Waals surface area contributed by atoms with Gasteiger partial charge in [-0.1, -0.05) is 20.8 Å². The average Bonchev–Trinajstić information content (AvgIpc) is 1.99. The van der Waals surface area contributed by atoms with Crippen LogP contribution in [0.1, 0.15) is 53.9 Å². The zero-order valence-electron chi connectivity index (χ0n) is 11.0. The summed E-state index contributed by atoms with van der Waals surface area (Å²) in [5.74, 6) is 2.66. The van der Waals surface area contributed by atoms with E-state index in [-0.39, 0.29) is 5.54 Å². The molecule has 0 amide bonds.